The summed E-state index contributed by atoms with van der Waals surface area (Å²) in [5.74, 6) is 2.03. The number of alkyl halides is 1. The van der Waals surface area contributed by atoms with Crippen LogP contribution in [0, 0.1) is 0 Å². The lowest BCUT2D eigenvalue weighted by molar-refractivity contribution is 0.612. The maximum atomic E-state index is 4.43. The van der Waals surface area contributed by atoms with Crippen LogP contribution in [0.1, 0.15) is 19.4 Å². The van der Waals surface area contributed by atoms with Crippen molar-refractivity contribution in [1.82, 2.24) is 9.97 Å². The summed E-state index contributed by atoms with van der Waals surface area (Å²) in [6, 6.07) is 0.508. The summed E-state index contributed by atoms with van der Waals surface area (Å²) < 4.78 is 0. The van der Waals surface area contributed by atoms with E-state index in [0.717, 1.165) is 29.1 Å². The van der Waals surface area contributed by atoms with Gasteiger partial charge >= 0.3 is 0 Å². The molecule has 2 atom stereocenters. The predicted molar refractivity (Wildman–Crippen MR) is 73.4 cm³/mol. The molecule has 2 heterocycles. The van der Waals surface area contributed by atoms with Gasteiger partial charge in [0.15, 0.2) is 0 Å². The lowest BCUT2D eigenvalue weighted by Gasteiger charge is -2.37. The lowest BCUT2D eigenvalue weighted by Crippen LogP contribution is -2.45. The van der Waals surface area contributed by atoms with Gasteiger partial charge in [-0.25, -0.2) is 9.97 Å². The Morgan fingerprint density at radius 2 is 2.12 bits per heavy atom. The molecule has 1 aromatic heterocycles. The van der Waals surface area contributed by atoms with Gasteiger partial charge in [0.2, 0.25) is 5.95 Å². The average Bonchev–Trinajstić information content (AvgIpc) is 2.33. The van der Waals surface area contributed by atoms with E-state index in [0.29, 0.717) is 11.3 Å². The second kappa shape index (κ2) is 5.36. The quantitative estimate of drug-likeness (QED) is 0.786. The summed E-state index contributed by atoms with van der Waals surface area (Å²) in [7, 11) is 0. The number of rotatable bonds is 2. The lowest BCUT2D eigenvalue weighted by atomic mass is 10.2. The fraction of sp³-hybridized carbons (Fsp3) is 0.636. The molecule has 1 fully saturated rings. The smallest absolute Gasteiger partial charge is 0.225 e. The van der Waals surface area contributed by atoms with Crippen molar-refractivity contribution in [3.8, 4) is 0 Å². The van der Waals surface area contributed by atoms with E-state index in [-0.39, 0.29) is 0 Å². The van der Waals surface area contributed by atoms with Crippen molar-refractivity contribution in [2.24, 2.45) is 0 Å². The summed E-state index contributed by atoms with van der Waals surface area (Å²) in [5, 5.41) is 1.46. The third kappa shape index (κ3) is 2.51. The molecule has 2 rings (SSSR count). The zero-order chi connectivity index (χ0) is 11.5. The van der Waals surface area contributed by atoms with Gasteiger partial charge in [0.05, 0.1) is 0 Å². The fourth-order valence-corrected chi connectivity index (χ4v) is 3.17. The van der Waals surface area contributed by atoms with Crippen molar-refractivity contribution in [2.75, 3.05) is 17.2 Å². The molecule has 0 aliphatic carbocycles. The first-order chi connectivity index (χ1) is 7.72. The highest BCUT2D eigenvalue weighted by Gasteiger charge is 2.26. The van der Waals surface area contributed by atoms with Gasteiger partial charge in [0.25, 0.3) is 0 Å². The van der Waals surface area contributed by atoms with E-state index in [4.69, 9.17) is 0 Å². The largest absolute Gasteiger partial charge is 0.336 e. The Bertz CT molecular complexity index is 344. The average molecular weight is 302 g/mol. The van der Waals surface area contributed by atoms with Gasteiger partial charge < -0.3 is 4.90 Å². The fourth-order valence-electron chi connectivity index (χ4n) is 1.78. The Hall–Kier alpha value is -0.290. The molecule has 0 bridgehead atoms. The molecule has 1 aliphatic heterocycles. The number of hydrogen-bond donors (Lipinski definition) is 0. The first-order valence-corrected chi connectivity index (χ1v) is 7.64. The van der Waals surface area contributed by atoms with Crippen molar-refractivity contribution in [2.45, 2.75) is 30.5 Å². The van der Waals surface area contributed by atoms with Gasteiger partial charge in [-0.2, -0.15) is 11.8 Å². The number of hydrogen-bond acceptors (Lipinski definition) is 4. The van der Waals surface area contributed by atoms with Crippen LogP contribution in [0.2, 0.25) is 0 Å². The predicted octanol–water partition coefficient (Wildman–Crippen LogP) is 2.70. The van der Waals surface area contributed by atoms with Gasteiger partial charge in [-0.05, 0) is 12.5 Å². The van der Waals surface area contributed by atoms with Crippen LogP contribution >= 0.6 is 27.7 Å². The van der Waals surface area contributed by atoms with E-state index < -0.39 is 0 Å². The first kappa shape index (κ1) is 12.2. The molecule has 1 aliphatic rings. The molecule has 0 N–H and O–H groups in total. The van der Waals surface area contributed by atoms with E-state index in [2.05, 4.69) is 44.6 Å². The minimum absolute atomic E-state index is 0.508. The molecule has 16 heavy (non-hydrogen) atoms. The molecule has 0 aromatic carbocycles. The van der Waals surface area contributed by atoms with Crippen molar-refractivity contribution in [3.05, 3.63) is 18.0 Å². The maximum Gasteiger partial charge on any atom is 0.225 e. The van der Waals surface area contributed by atoms with E-state index in [1.165, 1.54) is 0 Å². The monoisotopic (exact) mass is 301 g/mol. The molecule has 0 radical (unpaired) electrons. The SMILES string of the molecule is CC1SCCN(c2ncc(CBr)cn2)C1C. The number of aromatic nitrogens is 2. The Kier molecular flexibility index (Phi) is 4.08. The van der Waals surface area contributed by atoms with Crippen LogP contribution in [0.25, 0.3) is 0 Å². The molecular weight excluding hydrogens is 286 g/mol. The maximum absolute atomic E-state index is 4.43. The van der Waals surface area contributed by atoms with Gasteiger partial charge in [0.1, 0.15) is 0 Å². The first-order valence-electron chi connectivity index (χ1n) is 5.47. The van der Waals surface area contributed by atoms with Crippen molar-refractivity contribution in [3.63, 3.8) is 0 Å². The highest BCUT2D eigenvalue weighted by Crippen LogP contribution is 2.26. The van der Waals surface area contributed by atoms with Crippen LogP contribution in [-0.2, 0) is 5.33 Å². The molecular formula is C11H16BrN3S. The van der Waals surface area contributed by atoms with Gasteiger partial charge in [-0.1, -0.05) is 22.9 Å². The Labute approximate surface area is 109 Å². The van der Waals surface area contributed by atoms with Crippen LogP contribution in [0.4, 0.5) is 5.95 Å². The minimum Gasteiger partial charge on any atom is -0.336 e. The highest BCUT2D eigenvalue weighted by molar-refractivity contribution is 9.08. The van der Waals surface area contributed by atoms with E-state index >= 15 is 0 Å². The number of thioether (sulfide) groups is 1. The second-order valence-corrected chi connectivity index (χ2v) is 6.08. The van der Waals surface area contributed by atoms with Gasteiger partial charge in [-0.3, -0.25) is 0 Å². The van der Waals surface area contributed by atoms with Crippen LogP contribution < -0.4 is 4.90 Å². The topological polar surface area (TPSA) is 29.0 Å². The Morgan fingerprint density at radius 3 is 2.75 bits per heavy atom. The number of anilines is 1. The summed E-state index contributed by atoms with van der Waals surface area (Å²) >= 11 is 5.43. The van der Waals surface area contributed by atoms with Crippen molar-refractivity contribution < 1.29 is 0 Å². The van der Waals surface area contributed by atoms with Crippen LogP contribution in [0.5, 0.6) is 0 Å². The van der Waals surface area contributed by atoms with E-state index in [9.17, 15) is 0 Å². The molecule has 88 valence electrons. The third-order valence-electron chi connectivity index (χ3n) is 2.99. The van der Waals surface area contributed by atoms with E-state index in [1.54, 1.807) is 0 Å². The second-order valence-electron chi connectivity index (χ2n) is 4.03. The van der Waals surface area contributed by atoms with Crippen molar-refractivity contribution >= 4 is 33.6 Å². The van der Waals surface area contributed by atoms with Crippen LogP contribution in [0.15, 0.2) is 12.4 Å². The molecule has 1 aromatic rings. The highest BCUT2D eigenvalue weighted by atomic mass is 79.9. The van der Waals surface area contributed by atoms with Gasteiger partial charge in [-0.15, -0.1) is 0 Å². The van der Waals surface area contributed by atoms with Gasteiger partial charge in [0, 0.05) is 41.3 Å². The number of halogens is 1. The standard InChI is InChI=1S/C11H16BrN3S/c1-8-9(2)16-4-3-15(8)11-13-6-10(5-12)7-14-11/h6-9H,3-5H2,1-2H3. The molecule has 3 nitrogen and oxygen atoms in total. The summed E-state index contributed by atoms with van der Waals surface area (Å²) in [5.41, 5.74) is 1.12. The molecule has 5 heteroatoms. The Morgan fingerprint density at radius 1 is 1.44 bits per heavy atom. The third-order valence-corrected chi connectivity index (χ3v) is 4.97. The molecule has 2 unspecified atom stereocenters. The zero-order valence-corrected chi connectivity index (χ0v) is 12.0. The number of nitrogens with zero attached hydrogens (tertiary/aromatic N) is 3. The molecule has 0 spiro atoms. The molecule has 0 amide bonds. The van der Waals surface area contributed by atoms with E-state index in [1.807, 2.05) is 24.2 Å². The Balaban J connectivity index is 2.15. The zero-order valence-electron chi connectivity index (χ0n) is 9.56. The molecule has 0 saturated carbocycles. The van der Waals surface area contributed by atoms with Crippen LogP contribution in [0.3, 0.4) is 0 Å². The summed E-state index contributed by atoms with van der Waals surface area (Å²) in [6.07, 6.45) is 3.80. The summed E-state index contributed by atoms with van der Waals surface area (Å²) in [4.78, 5) is 11.2. The normalized spacial score (nSPS) is 25.8. The summed E-state index contributed by atoms with van der Waals surface area (Å²) in [6.45, 7) is 5.57. The van der Waals surface area contributed by atoms with Crippen LogP contribution in [-0.4, -0.2) is 33.6 Å². The minimum atomic E-state index is 0.508. The molecule has 1 saturated heterocycles. The van der Waals surface area contributed by atoms with Crippen molar-refractivity contribution in [1.29, 1.82) is 0 Å².